The van der Waals surface area contributed by atoms with Crippen LogP contribution in [0.2, 0.25) is 0 Å². The molecule has 22 heavy (non-hydrogen) atoms. The number of hydrogen-bond acceptors (Lipinski definition) is 1. The minimum atomic E-state index is 0. The van der Waals surface area contributed by atoms with E-state index < -0.39 is 0 Å². The van der Waals surface area contributed by atoms with Gasteiger partial charge >= 0.3 is 0 Å². The molecule has 0 aromatic heterocycles. The lowest BCUT2D eigenvalue weighted by molar-refractivity contribution is -0.901. The van der Waals surface area contributed by atoms with Crippen LogP contribution in [0.5, 0.6) is 0 Å². The van der Waals surface area contributed by atoms with Crippen molar-refractivity contribution < 1.29 is 26.3 Å². The van der Waals surface area contributed by atoms with E-state index in [1.807, 2.05) is 42.5 Å². The Hall–Kier alpha value is -0.970. The molecule has 0 aliphatic carbocycles. The number of ketones is 1. The summed E-state index contributed by atoms with van der Waals surface area (Å²) in [7, 11) is 4.42. The second-order valence-corrected chi connectivity index (χ2v) is 5.80. The van der Waals surface area contributed by atoms with Gasteiger partial charge in [-0.2, -0.15) is 0 Å². The zero-order valence-electron chi connectivity index (χ0n) is 13.3. The van der Waals surface area contributed by atoms with Gasteiger partial charge in [0.25, 0.3) is 0 Å². The summed E-state index contributed by atoms with van der Waals surface area (Å²) in [6.45, 7) is 4.26. The van der Waals surface area contributed by atoms with Crippen molar-refractivity contribution in [3.8, 4) is 0 Å². The van der Waals surface area contributed by atoms with Gasteiger partial charge in [-0.15, -0.1) is 17.0 Å². The summed E-state index contributed by atoms with van der Waals surface area (Å²) in [6, 6.07) is 17.4. The molecule has 0 amide bonds. The summed E-state index contributed by atoms with van der Waals surface area (Å²) in [6.07, 6.45) is 0. The number of rotatable bonds is 5. The maximum absolute atomic E-state index is 12.3. The van der Waals surface area contributed by atoms with E-state index in [0.29, 0.717) is 0 Å². The van der Waals surface area contributed by atoms with Crippen LogP contribution in [-0.4, -0.2) is 30.9 Å². The third kappa shape index (κ3) is 5.67. The Labute approximate surface area is 154 Å². The summed E-state index contributed by atoms with van der Waals surface area (Å²) in [5.41, 5.74) is 2.76. The topological polar surface area (TPSA) is 17.1 Å². The molecule has 0 unspecified atom stereocenters. The van der Waals surface area contributed by atoms with Crippen LogP contribution < -0.4 is 17.0 Å². The highest BCUT2D eigenvalue weighted by atomic mass is 79.9. The zero-order valence-corrected chi connectivity index (χ0v) is 16.6. The minimum Gasteiger partial charge on any atom is -1.00 e. The molecule has 0 N–H and O–H groups in total. The van der Waals surface area contributed by atoms with Gasteiger partial charge in [0.05, 0.1) is 20.6 Å². The first kappa shape index (κ1) is 21.0. The summed E-state index contributed by atoms with van der Waals surface area (Å²) >= 11 is 0. The van der Waals surface area contributed by atoms with Crippen molar-refractivity contribution in [1.82, 2.24) is 0 Å². The van der Waals surface area contributed by atoms with E-state index in [9.17, 15) is 4.79 Å². The first-order valence-corrected chi connectivity index (χ1v) is 7.02. The third-order valence-electron chi connectivity index (χ3n) is 3.72. The van der Waals surface area contributed by atoms with Gasteiger partial charge in [-0.1, -0.05) is 54.6 Å². The molecule has 2 aromatic carbocycles. The summed E-state index contributed by atoms with van der Waals surface area (Å²) in [4.78, 5) is 12.3. The van der Waals surface area contributed by atoms with Gasteiger partial charge in [0.2, 0.25) is 0 Å². The lowest BCUT2D eigenvalue weighted by Gasteiger charge is -2.28. The van der Waals surface area contributed by atoms with E-state index in [0.717, 1.165) is 28.7 Å². The van der Waals surface area contributed by atoms with Crippen LogP contribution >= 0.6 is 17.0 Å². The average Bonchev–Trinajstić information content (AvgIpc) is 2.48. The molecule has 0 fully saturated rings. The number of halogens is 2. The van der Waals surface area contributed by atoms with Crippen molar-refractivity contribution >= 4 is 22.8 Å². The quantitative estimate of drug-likeness (QED) is 0.514. The van der Waals surface area contributed by atoms with Crippen molar-refractivity contribution in [2.45, 2.75) is 13.5 Å². The summed E-state index contributed by atoms with van der Waals surface area (Å²) in [5.74, 6) is 0.0846. The van der Waals surface area contributed by atoms with Gasteiger partial charge < -0.3 is 21.5 Å². The lowest BCUT2D eigenvalue weighted by atomic mass is 10.0. The van der Waals surface area contributed by atoms with E-state index in [-0.39, 0.29) is 39.7 Å². The minimum absolute atomic E-state index is 0. The van der Waals surface area contributed by atoms with E-state index in [1.165, 1.54) is 5.56 Å². The van der Waals surface area contributed by atoms with Gasteiger partial charge in [-0.3, -0.25) is 4.79 Å². The fourth-order valence-electron chi connectivity index (χ4n) is 2.12. The van der Waals surface area contributed by atoms with Crippen LogP contribution in [0.25, 0.3) is 0 Å². The molecule has 0 saturated heterocycles. The first-order valence-electron chi connectivity index (χ1n) is 7.02. The van der Waals surface area contributed by atoms with Crippen molar-refractivity contribution in [2.75, 3.05) is 20.6 Å². The monoisotopic (exact) mass is 427 g/mol. The van der Waals surface area contributed by atoms with Crippen LogP contribution in [-0.2, 0) is 6.54 Å². The van der Waals surface area contributed by atoms with Crippen LogP contribution in [0.15, 0.2) is 54.6 Å². The Morgan fingerprint density at radius 3 is 1.91 bits per heavy atom. The highest BCUT2D eigenvalue weighted by Crippen LogP contribution is 2.13. The number of quaternary nitrogens is 1. The second kappa shape index (κ2) is 9.23. The highest BCUT2D eigenvalue weighted by Gasteiger charge is 2.13. The van der Waals surface area contributed by atoms with Gasteiger partial charge in [0.15, 0.2) is 5.78 Å². The molecule has 0 atom stereocenters. The predicted octanol–water partition coefficient (Wildman–Crippen LogP) is 1.10. The van der Waals surface area contributed by atoms with Crippen LogP contribution in [0.1, 0.15) is 28.4 Å². The third-order valence-corrected chi connectivity index (χ3v) is 3.72. The molecule has 0 bridgehead atoms. The molecular weight excluding hydrogens is 406 g/mol. The second-order valence-electron chi connectivity index (χ2n) is 5.80. The molecule has 0 heterocycles. The molecule has 4 heteroatoms. The van der Waals surface area contributed by atoms with Gasteiger partial charge in [-0.25, -0.2) is 0 Å². The van der Waals surface area contributed by atoms with Crippen molar-refractivity contribution in [2.24, 2.45) is 0 Å². The highest BCUT2D eigenvalue weighted by molar-refractivity contribution is 8.93. The number of benzene rings is 2. The van der Waals surface area contributed by atoms with E-state index in [4.69, 9.17) is 0 Å². The van der Waals surface area contributed by atoms with Gasteiger partial charge in [0, 0.05) is 16.7 Å². The normalized spacial score (nSPS) is 10.3. The number of nitrogens with zero attached hydrogens (tertiary/aromatic N) is 1. The molecular formula is C18H23Br2NO. The van der Waals surface area contributed by atoms with Crippen LogP contribution in [0, 0.1) is 0 Å². The molecule has 0 spiro atoms. The average molecular weight is 429 g/mol. The predicted molar refractivity (Wildman–Crippen MR) is 93.0 cm³/mol. The van der Waals surface area contributed by atoms with E-state index in [2.05, 4.69) is 33.2 Å². The van der Waals surface area contributed by atoms with E-state index >= 15 is 0 Å². The maximum atomic E-state index is 12.3. The fraction of sp³-hybridized carbons (Fsp3) is 0.278. The SMILES string of the molecule is Br.CC[N+](C)(C)Cc1ccc(C(=O)c2ccccc2)cc1.[Br-]. The molecule has 0 aliphatic rings. The van der Waals surface area contributed by atoms with E-state index in [1.54, 1.807) is 0 Å². The van der Waals surface area contributed by atoms with Gasteiger partial charge in [0.1, 0.15) is 6.54 Å². The van der Waals surface area contributed by atoms with Crippen molar-refractivity contribution in [1.29, 1.82) is 0 Å². The van der Waals surface area contributed by atoms with Crippen LogP contribution in [0.3, 0.4) is 0 Å². The molecule has 2 rings (SSSR count). The molecule has 0 radical (unpaired) electrons. The van der Waals surface area contributed by atoms with Crippen molar-refractivity contribution in [3.63, 3.8) is 0 Å². The Morgan fingerprint density at radius 2 is 1.41 bits per heavy atom. The molecule has 0 aliphatic heterocycles. The van der Waals surface area contributed by atoms with Crippen LogP contribution in [0.4, 0.5) is 0 Å². The first-order chi connectivity index (χ1) is 9.52. The largest absolute Gasteiger partial charge is 1.00 e. The summed E-state index contributed by atoms with van der Waals surface area (Å²) in [5, 5.41) is 0. The Balaban J connectivity index is 0.00000220. The van der Waals surface area contributed by atoms with Crippen molar-refractivity contribution in [3.05, 3.63) is 71.3 Å². The smallest absolute Gasteiger partial charge is 0.193 e. The number of hydrogen-bond donors (Lipinski definition) is 0. The maximum Gasteiger partial charge on any atom is 0.193 e. The molecule has 0 saturated carbocycles. The Bertz CT molecular complexity index is 580. The number of carbonyl (C=O) groups is 1. The molecule has 120 valence electrons. The molecule has 2 aromatic rings. The Kier molecular flexibility index (Phi) is 8.83. The standard InChI is InChI=1S/C18H22NO.2BrH/c1-4-19(2,3)14-15-10-12-17(13-11-15)18(20)16-8-6-5-7-9-16;;/h5-13H,4,14H2,1-3H3;2*1H/q+1;;/p-1. The zero-order chi connectivity index (χ0) is 14.6. The summed E-state index contributed by atoms with van der Waals surface area (Å²) < 4.78 is 0.950. The fourth-order valence-corrected chi connectivity index (χ4v) is 2.12. The number of carbonyl (C=O) groups excluding carboxylic acids is 1. The van der Waals surface area contributed by atoms with Gasteiger partial charge in [-0.05, 0) is 6.92 Å². The lowest BCUT2D eigenvalue weighted by Crippen LogP contribution is -3.00. The Morgan fingerprint density at radius 1 is 0.909 bits per heavy atom. The molecule has 2 nitrogen and oxygen atoms in total.